The summed E-state index contributed by atoms with van der Waals surface area (Å²) in [6, 6.07) is 25.4. The lowest BCUT2D eigenvalue weighted by atomic mass is 10.2. The zero-order chi connectivity index (χ0) is 22.5. The maximum atomic E-state index is 13.1. The average Bonchev–Trinajstić information content (AvgIpc) is 3.08. The maximum Gasteiger partial charge on any atom is 0.260 e. The van der Waals surface area contributed by atoms with Crippen LogP contribution >= 0.6 is 11.6 Å². The SMILES string of the molecule is Cc1ccc(NC(=O)c2c(C)nn(Cc3ccccc3)c2Cl)c(OCc2ccccc2)c1. The number of aryl methyl sites for hydroxylation is 2. The van der Waals surface area contributed by atoms with Crippen molar-refractivity contribution in [1.82, 2.24) is 9.78 Å². The van der Waals surface area contributed by atoms with Gasteiger partial charge in [0.15, 0.2) is 0 Å². The Morgan fingerprint density at radius 1 is 0.969 bits per heavy atom. The molecule has 6 heteroatoms. The first kappa shape index (κ1) is 21.7. The van der Waals surface area contributed by atoms with Crippen molar-refractivity contribution < 1.29 is 9.53 Å². The molecule has 0 unspecified atom stereocenters. The molecule has 1 amide bonds. The van der Waals surface area contributed by atoms with Crippen molar-refractivity contribution in [3.63, 3.8) is 0 Å². The molecule has 0 atom stereocenters. The topological polar surface area (TPSA) is 56.2 Å². The van der Waals surface area contributed by atoms with Gasteiger partial charge in [0.05, 0.1) is 23.5 Å². The molecule has 1 heterocycles. The van der Waals surface area contributed by atoms with Crippen LogP contribution in [0, 0.1) is 13.8 Å². The van der Waals surface area contributed by atoms with Gasteiger partial charge in [-0.05, 0) is 42.7 Å². The number of benzene rings is 3. The Morgan fingerprint density at radius 3 is 2.31 bits per heavy atom. The monoisotopic (exact) mass is 445 g/mol. The van der Waals surface area contributed by atoms with E-state index in [0.29, 0.717) is 41.0 Å². The zero-order valence-electron chi connectivity index (χ0n) is 18.0. The lowest BCUT2D eigenvalue weighted by Gasteiger charge is -2.14. The molecule has 0 aliphatic heterocycles. The Kier molecular flexibility index (Phi) is 6.57. The van der Waals surface area contributed by atoms with Crippen LogP contribution in [-0.2, 0) is 13.2 Å². The fourth-order valence-electron chi connectivity index (χ4n) is 3.44. The van der Waals surface area contributed by atoms with E-state index in [9.17, 15) is 4.79 Å². The van der Waals surface area contributed by atoms with E-state index in [4.69, 9.17) is 16.3 Å². The summed E-state index contributed by atoms with van der Waals surface area (Å²) in [6.45, 7) is 4.66. The quantitative estimate of drug-likeness (QED) is 0.377. The van der Waals surface area contributed by atoms with E-state index >= 15 is 0 Å². The molecule has 162 valence electrons. The van der Waals surface area contributed by atoms with Crippen LogP contribution < -0.4 is 10.1 Å². The number of aromatic nitrogens is 2. The summed E-state index contributed by atoms with van der Waals surface area (Å²) in [7, 11) is 0. The van der Waals surface area contributed by atoms with E-state index < -0.39 is 0 Å². The van der Waals surface area contributed by atoms with E-state index in [2.05, 4.69) is 10.4 Å². The minimum Gasteiger partial charge on any atom is -0.487 e. The van der Waals surface area contributed by atoms with Gasteiger partial charge >= 0.3 is 0 Å². The fourth-order valence-corrected chi connectivity index (χ4v) is 3.76. The van der Waals surface area contributed by atoms with Crippen LogP contribution in [0.25, 0.3) is 0 Å². The van der Waals surface area contributed by atoms with Gasteiger partial charge in [0.25, 0.3) is 5.91 Å². The molecule has 4 aromatic rings. The predicted molar refractivity (Wildman–Crippen MR) is 127 cm³/mol. The first-order chi connectivity index (χ1) is 15.5. The molecule has 1 aromatic heterocycles. The summed E-state index contributed by atoms with van der Waals surface area (Å²) in [5, 5.41) is 7.73. The molecule has 32 heavy (non-hydrogen) atoms. The highest BCUT2D eigenvalue weighted by Gasteiger charge is 2.21. The summed E-state index contributed by atoms with van der Waals surface area (Å²) in [5.74, 6) is 0.285. The maximum absolute atomic E-state index is 13.1. The minimum atomic E-state index is -0.319. The number of carbonyl (C=O) groups excluding carboxylic acids is 1. The molecule has 0 saturated heterocycles. The van der Waals surface area contributed by atoms with Gasteiger partial charge in [-0.1, -0.05) is 78.3 Å². The molecule has 0 saturated carbocycles. The Balaban J connectivity index is 1.54. The Hall–Kier alpha value is -3.57. The highest BCUT2D eigenvalue weighted by atomic mass is 35.5. The number of amides is 1. The van der Waals surface area contributed by atoms with Crippen LogP contribution in [0.1, 0.15) is 32.7 Å². The molecule has 0 bridgehead atoms. The molecule has 0 aliphatic carbocycles. The second kappa shape index (κ2) is 9.71. The zero-order valence-corrected chi connectivity index (χ0v) is 18.8. The van der Waals surface area contributed by atoms with Crippen LogP contribution in [0.3, 0.4) is 0 Å². The van der Waals surface area contributed by atoms with Crippen molar-refractivity contribution in [2.75, 3.05) is 5.32 Å². The van der Waals surface area contributed by atoms with Gasteiger partial charge in [-0.3, -0.25) is 4.79 Å². The first-order valence-electron chi connectivity index (χ1n) is 10.4. The number of nitrogens with one attached hydrogen (secondary N) is 1. The number of ether oxygens (including phenoxy) is 1. The van der Waals surface area contributed by atoms with Crippen molar-refractivity contribution in [1.29, 1.82) is 0 Å². The average molecular weight is 446 g/mol. The normalized spacial score (nSPS) is 10.7. The number of anilines is 1. The van der Waals surface area contributed by atoms with Gasteiger partial charge in [0, 0.05) is 0 Å². The van der Waals surface area contributed by atoms with Crippen LogP contribution in [0.5, 0.6) is 5.75 Å². The summed E-state index contributed by atoms with van der Waals surface area (Å²) in [5.41, 5.74) is 4.66. The Labute approximate surface area is 192 Å². The van der Waals surface area contributed by atoms with Gasteiger partial charge in [-0.2, -0.15) is 5.10 Å². The van der Waals surface area contributed by atoms with Gasteiger partial charge in [-0.15, -0.1) is 0 Å². The number of rotatable bonds is 7. The number of hydrogen-bond donors (Lipinski definition) is 1. The van der Waals surface area contributed by atoms with E-state index in [1.165, 1.54) is 0 Å². The summed E-state index contributed by atoms with van der Waals surface area (Å²) in [6.07, 6.45) is 0. The van der Waals surface area contributed by atoms with Crippen molar-refractivity contribution in [3.05, 3.63) is 112 Å². The molecular weight excluding hydrogens is 422 g/mol. The van der Waals surface area contributed by atoms with Crippen molar-refractivity contribution in [2.24, 2.45) is 0 Å². The summed E-state index contributed by atoms with van der Waals surface area (Å²) in [4.78, 5) is 13.1. The highest BCUT2D eigenvalue weighted by molar-refractivity contribution is 6.33. The van der Waals surface area contributed by atoms with Crippen molar-refractivity contribution >= 4 is 23.2 Å². The summed E-state index contributed by atoms with van der Waals surface area (Å²) >= 11 is 6.56. The Morgan fingerprint density at radius 2 is 1.62 bits per heavy atom. The number of nitrogens with zero attached hydrogens (tertiary/aromatic N) is 2. The molecular formula is C26H24ClN3O2. The van der Waals surface area contributed by atoms with Crippen LogP contribution in [0.4, 0.5) is 5.69 Å². The van der Waals surface area contributed by atoms with Gasteiger partial charge < -0.3 is 10.1 Å². The third kappa shape index (κ3) is 5.01. The molecule has 0 radical (unpaired) electrons. The van der Waals surface area contributed by atoms with E-state index in [0.717, 1.165) is 16.7 Å². The molecule has 1 N–H and O–H groups in total. The lowest BCUT2D eigenvalue weighted by molar-refractivity contribution is 0.102. The largest absolute Gasteiger partial charge is 0.487 e. The standard InChI is InChI=1S/C26H24ClN3O2/c1-18-13-14-22(23(15-18)32-17-21-11-7-4-8-12-21)28-26(31)24-19(2)29-30(25(24)27)16-20-9-5-3-6-10-20/h3-15H,16-17H2,1-2H3,(H,28,31). The van der Waals surface area contributed by atoms with Crippen molar-refractivity contribution in [3.8, 4) is 5.75 Å². The van der Waals surface area contributed by atoms with Crippen LogP contribution in [0.15, 0.2) is 78.9 Å². The number of carbonyl (C=O) groups is 1. The van der Waals surface area contributed by atoms with Gasteiger partial charge in [0.2, 0.25) is 0 Å². The fraction of sp³-hybridized carbons (Fsp3) is 0.154. The lowest BCUT2D eigenvalue weighted by Crippen LogP contribution is -2.14. The predicted octanol–water partition coefficient (Wildman–Crippen LogP) is 6.03. The van der Waals surface area contributed by atoms with Crippen LogP contribution in [-0.4, -0.2) is 15.7 Å². The number of halogens is 1. The number of hydrogen-bond acceptors (Lipinski definition) is 3. The molecule has 3 aromatic carbocycles. The molecule has 0 fully saturated rings. The smallest absolute Gasteiger partial charge is 0.260 e. The third-order valence-corrected chi connectivity index (χ3v) is 5.47. The molecule has 0 aliphatic rings. The van der Waals surface area contributed by atoms with Crippen molar-refractivity contribution in [2.45, 2.75) is 27.0 Å². The van der Waals surface area contributed by atoms with E-state index in [1.54, 1.807) is 11.6 Å². The van der Waals surface area contributed by atoms with Crippen LogP contribution in [0.2, 0.25) is 5.15 Å². The van der Waals surface area contributed by atoms with Gasteiger partial charge in [0.1, 0.15) is 17.5 Å². The molecule has 0 spiro atoms. The van der Waals surface area contributed by atoms with E-state index in [1.807, 2.05) is 85.8 Å². The first-order valence-corrected chi connectivity index (χ1v) is 10.7. The minimum absolute atomic E-state index is 0.308. The second-order valence-electron chi connectivity index (χ2n) is 7.62. The Bertz CT molecular complexity index is 1220. The molecule has 5 nitrogen and oxygen atoms in total. The second-order valence-corrected chi connectivity index (χ2v) is 7.98. The highest BCUT2D eigenvalue weighted by Crippen LogP contribution is 2.29. The van der Waals surface area contributed by atoms with Gasteiger partial charge in [-0.25, -0.2) is 4.68 Å². The third-order valence-electron chi connectivity index (χ3n) is 5.09. The van der Waals surface area contributed by atoms with E-state index in [-0.39, 0.29) is 5.91 Å². The molecule has 4 rings (SSSR count). The summed E-state index contributed by atoms with van der Waals surface area (Å²) < 4.78 is 7.66.